The molecule has 1 aromatic heterocycles. The number of rotatable bonds is 6. The zero-order chi connectivity index (χ0) is 19.6. The quantitative estimate of drug-likeness (QED) is 0.844. The summed E-state index contributed by atoms with van der Waals surface area (Å²) in [7, 11) is 1.90. The lowest BCUT2D eigenvalue weighted by Gasteiger charge is -2.21. The van der Waals surface area contributed by atoms with E-state index in [0.717, 1.165) is 29.0 Å². The summed E-state index contributed by atoms with van der Waals surface area (Å²) in [5, 5.41) is 7.42. The first-order chi connectivity index (χ1) is 12.9. The molecule has 1 aliphatic heterocycles. The molecule has 0 aliphatic carbocycles. The predicted octanol–water partition coefficient (Wildman–Crippen LogP) is 3.47. The third-order valence-corrected chi connectivity index (χ3v) is 5.12. The Morgan fingerprint density at radius 3 is 2.59 bits per heavy atom. The van der Waals surface area contributed by atoms with Crippen LogP contribution in [0.1, 0.15) is 56.2 Å². The van der Waals surface area contributed by atoms with E-state index in [-0.39, 0.29) is 30.1 Å². The van der Waals surface area contributed by atoms with E-state index in [4.69, 9.17) is 9.47 Å². The summed E-state index contributed by atoms with van der Waals surface area (Å²) in [6.45, 7) is 8.59. The van der Waals surface area contributed by atoms with Crippen LogP contribution >= 0.6 is 0 Å². The van der Waals surface area contributed by atoms with E-state index in [1.165, 1.54) is 0 Å². The largest absolute Gasteiger partial charge is 0.491 e. The number of nitrogens with zero attached hydrogens (tertiary/aromatic N) is 2. The van der Waals surface area contributed by atoms with Crippen molar-refractivity contribution in [3.8, 4) is 5.75 Å². The van der Waals surface area contributed by atoms with Crippen molar-refractivity contribution in [2.75, 3.05) is 6.61 Å². The Kier molecular flexibility index (Phi) is 5.85. The SMILES string of the molecule is Cc1c([C@H]2OCC[C@@H]2C(=O)N[C@@H](C)c2ccc(OC(C)C)cc2)cnn1C. The van der Waals surface area contributed by atoms with Gasteiger partial charge in [0, 0.05) is 24.9 Å². The van der Waals surface area contributed by atoms with Crippen LogP contribution in [0.3, 0.4) is 0 Å². The van der Waals surface area contributed by atoms with Gasteiger partial charge in [0.15, 0.2) is 0 Å². The second-order valence-corrected chi connectivity index (χ2v) is 7.46. The molecule has 2 aromatic rings. The van der Waals surface area contributed by atoms with Crippen molar-refractivity contribution in [1.29, 1.82) is 0 Å². The highest BCUT2D eigenvalue weighted by Crippen LogP contribution is 2.36. The molecule has 0 unspecified atom stereocenters. The fourth-order valence-electron chi connectivity index (χ4n) is 3.47. The number of hydrogen-bond donors (Lipinski definition) is 1. The molecule has 1 N–H and O–H groups in total. The van der Waals surface area contributed by atoms with Crippen molar-refractivity contribution in [3.05, 3.63) is 47.3 Å². The molecule has 0 bridgehead atoms. The number of hydrogen-bond acceptors (Lipinski definition) is 4. The molecule has 1 aromatic carbocycles. The molecule has 2 heterocycles. The lowest BCUT2D eigenvalue weighted by atomic mass is 9.94. The summed E-state index contributed by atoms with van der Waals surface area (Å²) >= 11 is 0. The van der Waals surface area contributed by atoms with Crippen LogP contribution in [-0.2, 0) is 16.6 Å². The van der Waals surface area contributed by atoms with E-state index in [1.54, 1.807) is 0 Å². The van der Waals surface area contributed by atoms with Crippen molar-refractivity contribution in [1.82, 2.24) is 15.1 Å². The molecule has 0 spiro atoms. The highest BCUT2D eigenvalue weighted by atomic mass is 16.5. The van der Waals surface area contributed by atoms with Gasteiger partial charge in [0.2, 0.25) is 5.91 Å². The molecule has 3 rings (SSSR count). The lowest BCUT2D eigenvalue weighted by molar-refractivity contribution is -0.127. The lowest BCUT2D eigenvalue weighted by Crippen LogP contribution is -2.34. The summed E-state index contributed by atoms with van der Waals surface area (Å²) in [6.07, 6.45) is 2.44. The van der Waals surface area contributed by atoms with Crippen LogP contribution in [0.2, 0.25) is 0 Å². The zero-order valence-electron chi connectivity index (χ0n) is 16.7. The second kappa shape index (κ2) is 8.13. The van der Waals surface area contributed by atoms with Crippen LogP contribution in [0.15, 0.2) is 30.5 Å². The Hall–Kier alpha value is -2.34. The third kappa shape index (κ3) is 4.33. The van der Waals surface area contributed by atoms with Gasteiger partial charge in [-0.2, -0.15) is 5.10 Å². The number of aromatic nitrogens is 2. The molecule has 3 atom stereocenters. The minimum absolute atomic E-state index is 0.0239. The van der Waals surface area contributed by atoms with Crippen LogP contribution in [0.5, 0.6) is 5.75 Å². The van der Waals surface area contributed by atoms with Crippen molar-refractivity contribution >= 4 is 5.91 Å². The number of ether oxygens (including phenoxy) is 2. The van der Waals surface area contributed by atoms with Crippen LogP contribution in [0.4, 0.5) is 0 Å². The molecule has 0 radical (unpaired) electrons. The maximum Gasteiger partial charge on any atom is 0.226 e. The number of amides is 1. The molecule has 1 fully saturated rings. The standard InChI is InChI=1S/C21H29N3O3/c1-13(2)27-17-8-6-16(7-9-17)14(3)23-21(25)18-10-11-26-20(18)19-12-22-24(5)15(19)4/h6-9,12-14,18,20H,10-11H2,1-5H3,(H,23,25)/t14-,18-,20-/m0/s1. The van der Waals surface area contributed by atoms with Gasteiger partial charge >= 0.3 is 0 Å². The average molecular weight is 371 g/mol. The smallest absolute Gasteiger partial charge is 0.226 e. The Bertz CT molecular complexity index is 782. The van der Waals surface area contributed by atoms with E-state index in [0.29, 0.717) is 6.61 Å². The molecule has 6 heteroatoms. The number of nitrogens with one attached hydrogen (secondary N) is 1. The molecular weight excluding hydrogens is 342 g/mol. The monoisotopic (exact) mass is 371 g/mol. The summed E-state index contributed by atoms with van der Waals surface area (Å²) < 4.78 is 13.4. The first-order valence-corrected chi connectivity index (χ1v) is 9.54. The Labute approximate surface area is 160 Å². The Morgan fingerprint density at radius 1 is 1.30 bits per heavy atom. The van der Waals surface area contributed by atoms with Crippen molar-refractivity contribution in [2.45, 2.75) is 52.4 Å². The summed E-state index contributed by atoms with van der Waals surface area (Å²) in [4.78, 5) is 12.9. The van der Waals surface area contributed by atoms with E-state index in [1.807, 2.05) is 69.9 Å². The van der Waals surface area contributed by atoms with Gasteiger partial charge in [0.05, 0.1) is 30.4 Å². The van der Waals surface area contributed by atoms with Crippen molar-refractivity contribution in [2.24, 2.45) is 13.0 Å². The molecule has 1 amide bonds. The van der Waals surface area contributed by atoms with E-state index >= 15 is 0 Å². The number of aryl methyl sites for hydroxylation is 1. The van der Waals surface area contributed by atoms with E-state index in [2.05, 4.69) is 10.4 Å². The van der Waals surface area contributed by atoms with Gasteiger partial charge in [-0.25, -0.2) is 0 Å². The number of carbonyl (C=O) groups excluding carboxylic acids is 1. The minimum Gasteiger partial charge on any atom is -0.491 e. The van der Waals surface area contributed by atoms with E-state index < -0.39 is 0 Å². The van der Waals surface area contributed by atoms with Gasteiger partial charge in [-0.3, -0.25) is 9.48 Å². The highest BCUT2D eigenvalue weighted by Gasteiger charge is 2.37. The maximum atomic E-state index is 12.9. The molecule has 1 saturated heterocycles. The van der Waals surface area contributed by atoms with E-state index in [9.17, 15) is 4.79 Å². The van der Waals surface area contributed by atoms with Crippen LogP contribution in [0, 0.1) is 12.8 Å². The van der Waals surface area contributed by atoms with Gasteiger partial charge in [0.25, 0.3) is 0 Å². The maximum absolute atomic E-state index is 12.9. The van der Waals surface area contributed by atoms with Gasteiger partial charge in [0.1, 0.15) is 5.75 Å². The highest BCUT2D eigenvalue weighted by molar-refractivity contribution is 5.80. The third-order valence-electron chi connectivity index (χ3n) is 5.12. The predicted molar refractivity (Wildman–Crippen MR) is 104 cm³/mol. The molecule has 27 heavy (non-hydrogen) atoms. The first-order valence-electron chi connectivity index (χ1n) is 9.54. The van der Waals surface area contributed by atoms with Gasteiger partial charge in [-0.15, -0.1) is 0 Å². The Morgan fingerprint density at radius 2 is 2.00 bits per heavy atom. The first kappa shape index (κ1) is 19.4. The van der Waals surface area contributed by atoms with Crippen LogP contribution < -0.4 is 10.1 Å². The normalized spacial score (nSPS) is 20.7. The topological polar surface area (TPSA) is 65.4 Å². The fourth-order valence-corrected chi connectivity index (χ4v) is 3.47. The molecule has 1 aliphatic rings. The van der Waals surface area contributed by atoms with Gasteiger partial charge in [-0.05, 0) is 51.8 Å². The molecular formula is C21H29N3O3. The number of carbonyl (C=O) groups is 1. The minimum atomic E-state index is -0.229. The zero-order valence-corrected chi connectivity index (χ0v) is 16.7. The fraction of sp³-hybridized carbons (Fsp3) is 0.524. The summed E-state index contributed by atoms with van der Waals surface area (Å²) in [5.74, 6) is 0.665. The Balaban J connectivity index is 1.66. The average Bonchev–Trinajstić information content (AvgIpc) is 3.22. The van der Waals surface area contributed by atoms with Gasteiger partial charge < -0.3 is 14.8 Å². The summed E-state index contributed by atoms with van der Waals surface area (Å²) in [6, 6.07) is 7.80. The van der Waals surface area contributed by atoms with Crippen LogP contribution in [0.25, 0.3) is 0 Å². The number of benzene rings is 1. The molecule has 0 saturated carbocycles. The van der Waals surface area contributed by atoms with Gasteiger partial charge in [-0.1, -0.05) is 12.1 Å². The van der Waals surface area contributed by atoms with Crippen molar-refractivity contribution in [3.63, 3.8) is 0 Å². The molecule has 6 nitrogen and oxygen atoms in total. The van der Waals surface area contributed by atoms with Crippen molar-refractivity contribution < 1.29 is 14.3 Å². The molecule has 146 valence electrons. The second-order valence-electron chi connectivity index (χ2n) is 7.46. The summed E-state index contributed by atoms with van der Waals surface area (Å²) in [5.41, 5.74) is 3.08. The van der Waals surface area contributed by atoms with Crippen LogP contribution in [-0.4, -0.2) is 28.4 Å².